The highest BCUT2D eigenvalue weighted by Gasteiger charge is 2.42. The van der Waals surface area contributed by atoms with Gasteiger partial charge in [0.1, 0.15) is 11.8 Å². The number of Topliss-reactive ketones (excluding diaryl/α,β-unsaturated/α-hetero) is 2. The maximum absolute atomic E-state index is 13.2. The third-order valence-electron chi connectivity index (χ3n) is 4.66. The number of halogens is 1. The first kappa shape index (κ1) is 17.3. The van der Waals surface area contributed by atoms with Gasteiger partial charge in [0.25, 0.3) is 0 Å². The van der Waals surface area contributed by atoms with Crippen molar-refractivity contribution < 1.29 is 14.3 Å². The number of ketones is 2. The topological polar surface area (TPSA) is 59.0 Å². The van der Waals surface area contributed by atoms with Crippen LogP contribution in [0.3, 0.4) is 0 Å². The molecule has 5 nitrogen and oxygen atoms in total. The maximum atomic E-state index is 13.2. The van der Waals surface area contributed by atoms with Gasteiger partial charge in [-0.05, 0) is 24.3 Å². The summed E-state index contributed by atoms with van der Waals surface area (Å²) in [5.74, 6) is -0.252. The zero-order chi connectivity index (χ0) is 18.1. The van der Waals surface area contributed by atoms with Crippen molar-refractivity contribution in [1.82, 2.24) is 4.90 Å². The predicted molar refractivity (Wildman–Crippen MR) is 103 cm³/mol. The van der Waals surface area contributed by atoms with Gasteiger partial charge in [-0.1, -0.05) is 40.2 Å². The van der Waals surface area contributed by atoms with Gasteiger partial charge in [0.2, 0.25) is 5.78 Å². The second kappa shape index (κ2) is 7.23. The monoisotopic (exact) mass is 412 g/mol. The number of aliphatic imine (C=N–C) groups is 1. The minimum atomic E-state index is -0.662. The molecule has 2 aromatic carbocycles. The highest BCUT2D eigenvalue weighted by molar-refractivity contribution is 9.10. The molecule has 26 heavy (non-hydrogen) atoms. The van der Waals surface area contributed by atoms with Gasteiger partial charge >= 0.3 is 0 Å². The quantitative estimate of drug-likeness (QED) is 0.758. The standard InChI is InChI=1S/C20H17BrN2O3/c21-13-5-7-14(8-6-13)22-17-18(23-9-11-26-12-10-23)20(25)16-4-2-1-3-15(16)19(17)24/h1-8,18H,9-12H2. The number of hydrogen-bond acceptors (Lipinski definition) is 5. The molecule has 1 fully saturated rings. The van der Waals surface area contributed by atoms with Crippen LogP contribution >= 0.6 is 15.9 Å². The molecule has 0 spiro atoms. The second-order valence-corrected chi connectivity index (χ2v) is 7.18. The van der Waals surface area contributed by atoms with E-state index in [1.54, 1.807) is 24.3 Å². The molecule has 2 aliphatic rings. The van der Waals surface area contributed by atoms with Crippen LogP contribution in [-0.2, 0) is 4.74 Å². The molecule has 0 N–H and O–H groups in total. The summed E-state index contributed by atoms with van der Waals surface area (Å²) < 4.78 is 6.34. The number of carbonyl (C=O) groups is 2. The van der Waals surface area contributed by atoms with E-state index in [9.17, 15) is 9.59 Å². The van der Waals surface area contributed by atoms with Crippen LogP contribution in [0.25, 0.3) is 0 Å². The van der Waals surface area contributed by atoms with E-state index < -0.39 is 6.04 Å². The number of ether oxygens (including phenoxy) is 1. The lowest BCUT2D eigenvalue weighted by Crippen LogP contribution is -2.55. The lowest BCUT2D eigenvalue weighted by Gasteiger charge is -2.36. The van der Waals surface area contributed by atoms with E-state index in [-0.39, 0.29) is 17.3 Å². The molecule has 0 aromatic heterocycles. The summed E-state index contributed by atoms with van der Waals surface area (Å²) in [7, 11) is 0. The summed E-state index contributed by atoms with van der Waals surface area (Å²) in [5, 5.41) is 0. The number of morpholine rings is 1. The number of hydrogen-bond donors (Lipinski definition) is 0. The molecule has 132 valence electrons. The van der Waals surface area contributed by atoms with E-state index in [1.807, 2.05) is 29.2 Å². The number of carbonyl (C=O) groups excluding carboxylic acids is 2. The number of benzene rings is 2. The highest BCUT2D eigenvalue weighted by atomic mass is 79.9. The molecule has 1 aliphatic heterocycles. The molecule has 1 heterocycles. The number of nitrogens with zero attached hydrogens (tertiary/aromatic N) is 2. The van der Waals surface area contributed by atoms with Gasteiger partial charge in [-0.2, -0.15) is 0 Å². The normalized spacial score (nSPS) is 22.5. The van der Waals surface area contributed by atoms with Crippen LogP contribution in [0.1, 0.15) is 20.7 Å². The van der Waals surface area contributed by atoms with Crippen molar-refractivity contribution in [3.05, 3.63) is 64.1 Å². The van der Waals surface area contributed by atoms with Crippen LogP contribution in [-0.4, -0.2) is 54.5 Å². The molecule has 4 rings (SSSR count). The Bertz CT molecular complexity index is 886. The minimum Gasteiger partial charge on any atom is -0.379 e. The largest absolute Gasteiger partial charge is 0.379 e. The Kier molecular flexibility index (Phi) is 4.80. The number of fused-ring (bicyclic) bond motifs is 1. The highest BCUT2D eigenvalue weighted by Crippen LogP contribution is 2.27. The lowest BCUT2D eigenvalue weighted by molar-refractivity contribution is 0.0278. The smallest absolute Gasteiger partial charge is 0.210 e. The minimum absolute atomic E-state index is 0.0713. The summed E-state index contributed by atoms with van der Waals surface area (Å²) >= 11 is 3.40. The Balaban J connectivity index is 1.83. The Hall–Kier alpha value is -2.15. The van der Waals surface area contributed by atoms with E-state index in [2.05, 4.69) is 20.9 Å². The van der Waals surface area contributed by atoms with Gasteiger partial charge in [0.15, 0.2) is 5.78 Å². The fourth-order valence-corrected chi connectivity index (χ4v) is 3.63. The first-order valence-electron chi connectivity index (χ1n) is 8.49. The van der Waals surface area contributed by atoms with Gasteiger partial charge in [-0.3, -0.25) is 14.5 Å². The summed E-state index contributed by atoms with van der Waals surface area (Å²) in [5.41, 5.74) is 1.85. The van der Waals surface area contributed by atoms with Crippen molar-refractivity contribution in [2.75, 3.05) is 26.3 Å². The van der Waals surface area contributed by atoms with Gasteiger partial charge in [-0.25, -0.2) is 4.99 Å². The molecule has 1 unspecified atom stereocenters. The zero-order valence-corrected chi connectivity index (χ0v) is 15.6. The van der Waals surface area contributed by atoms with Crippen molar-refractivity contribution in [1.29, 1.82) is 0 Å². The van der Waals surface area contributed by atoms with Crippen molar-refractivity contribution in [3.63, 3.8) is 0 Å². The van der Waals surface area contributed by atoms with Gasteiger partial charge in [-0.15, -0.1) is 0 Å². The van der Waals surface area contributed by atoms with Crippen LogP contribution in [0.4, 0.5) is 5.69 Å². The van der Waals surface area contributed by atoms with Crippen molar-refractivity contribution in [2.24, 2.45) is 4.99 Å². The van der Waals surface area contributed by atoms with Gasteiger partial charge < -0.3 is 4.74 Å². The molecule has 2 aromatic rings. The van der Waals surface area contributed by atoms with E-state index in [4.69, 9.17) is 4.74 Å². The SMILES string of the molecule is O=C1C(=Nc2ccc(Br)cc2)C(N2CCOCC2)C(=O)c2ccccc21. The Morgan fingerprint density at radius 1 is 0.962 bits per heavy atom. The summed E-state index contributed by atoms with van der Waals surface area (Å²) in [6.07, 6.45) is 0. The molecular formula is C20H17BrN2O3. The Morgan fingerprint density at radius 2 is 1.62 bits per heavy atom. The third-order valence-corrected chi connectivity index (χ3v) is 5.19. The molecule has 1 aliphatic carbocycles. The summed E-state index contributed by atoms with van der Waals surface area (Å²) in [6.45, 7) is 2.30. The van der Waals surface area contributed by atoms with Crippen LogP contribution < -0.4 is 0 Å². The van der Waals surface area contributed by atoms with Crippen LogP contribution in [0.15, 0.2) is 58.0 Å². The summed E-state index contributed by atoms with van der Waals surface area (Å²) in [6, 6.07) is 13.7. The zero-order valence-electron chi connectivity index (χ0n) is 14.0. The van der Waals surface area contributed by atoms with Gasteiger partial charge in [0.05, 0.1) is 18.9 Å². The fraction of sp³-hybridized carbons (Fsp3) is 0.250. The van der Waals surface area contributed by atoms with Crippen LogP contribution in [0.5, 0.6) is 0 Å². The fourth-order valence-electron chi connectivity index (χ4n) is 3.37. The summed E-state index contributed by atoms with van der Waals surface area (Å²) in [4.78, 5) is 32.9. The predicted octanol–water partition coefficient (Wildman–Crippen LogP) is 3.30. The van der Waals surface area contributed by atoms with E-state index >= 15 is 0 Å². The van der Waals surface area contributed by atoms with Crippen LogP contribution in [0, 0.1) is 0 Å². The third kappa shape index (κ3) is 3.16. The molecule has 1 atom stereocenters. The first-order chi connectivity index (χ1) is 12.6. The molecule has 0 saturated carbocycles. The van der Waals surface area contributed by atoms with E-state index in [1.165, 1.54) is 0 Å². The Labute approximate surface area is 159 Å². The second-order valence-electron chi connectivity index (χ2n) is 6.26. The number of rotatable bonds is 2. The molecule has 0 radical (unpaired) electrons. The van der Waals surface area contributed by atoms with Gasteiger partial charge in [0, 0.05) is 28.7 Å². The molecule has 0 amide bonds. The van der Waals surface area contributed by atoms with Crippen molar-refractivity contribution >= 4 is 38.9 Å². The first-order valence-corrected chi connectivity index (χ1v) is 9.28. The molecule has 0 bridgehead atoms. The van der Waals surface area contributed by atoms with E-state index in [0.29, 0.717) is 43.1 Å². The van der Waals surface area contributed by atoms with E-state index in [0.717, 1.165) is 4.47 Å². The molecule has 6 heteroatoms. The average Bonchev–Trinajstić information content (AvgIpc) is 2.68. The average molecular weight is 413 g/mol. The maximum Gasteiger partial charge on any atom is 0.210 e. The van der Waals surface area contributed by atoms with Crippen molar-refractivity contribution in [2.45, 2.75) is 6.04 Å². The molecule has 1 saturated heterocycles. The van der Waals surface area contributed by atoms with Crippen molar-refractivity contribution in [3.8, 4) is 0 Å². The molecular weight excluding hydrogens is 396 g/mol. The van der Waals surface area contributed by atoms with Crippen LogP contribution in [0.2, 0.25) is 0 Å². The lowest BCUT2D eigenvalue weighted by atomic mass is 9.83. The Morgan fingerprint density at radius 3 is 2.31 bits per heavy atom.